The molecule has 0 amide bonds. The molecule has 0 N–H and O–H groups in total. The van der Waals surface area contributed by atoms with E-state index in [4.69, 9.17) is 23.7 Å². The number of hydrogen-bond acceptors (Lipinski definition) is 5. The van der Waals surface area contributed by atoms with Crippen LogP contribution in [0.25, 0.3) is 0 Å². The van der Waals surface area contributed by atoms with Crippen LogP contribution in [0.2, 0.25) is 0 Å². The number of methoxy groups -OCH3 is 1. The Kier molecular flexibility index (Phi) is 10.4. The third kappa shape index (κ3) is 7.27. The molecule has 0 aliphatic rings. The molecule has 1 atom stereocenters. The molecule has 0 aromatic heterocycles. The number of ether oxygens (including phenoxy) is 5. The lowest BCUT2D eigenvalue weighted by Crippen LogP contribution is -2.54. The van der Waals surface area contributed by atoms with Crippen molar-refractivity contribution >= 4 is 0 Å². The summed E-state index contributed by atoms with van der Waals surface area (Å²) in [5.74, 6) is 0.175. The molecule has 0 heterocycles. The third-order valence-corrected chi connectivity index (χ3v) is 5.22. The first-order valence-corrected chi connectivity index (χ1v) is 11.2. The molecule has 1 unspecified atom stereocenters. The first-order valence-electron chi connectivity index (χ1n) is 11.2. The molecule has 2 aromatic carbocycles. The molecule has 0 radical (unpaired) electrons. The van der Waals surface area contributed by atoms with E-state index in [9.17, 15) is 26.3 Å². The molecule has 0 bridgehead atoms. The maximum atomic E-state index is 14.2. The van der Waals surface area contributed by atoms with Crippen molar-refractivity contribution in [3.05, 3.63) is 59.7 Å². The highest BCUT2D eigenvalue weighted by Gasteiger charge is 2.72. The van der Waals surface area contributed by atoms with Crippen LogP contribution in [0.3, 0.4) is 0 Å². The van der Waals surface area contributed by atoms with Crippen LogP contribution in [-0.2, 0) is 19.6 Å². The lowest BCUT2D eigenvalue weighted by molar-refractivity contribution is -0.288. The van der Waals surface area contributed by atoms with E-state index in [1.165, 1.54) is 7.11 Å². The summed E-state index contributed by atoms with van der Waals surface area (Å²) in [4.78, 5) is 0. The summed E-state index contributed by atoms with van der Waals surface area (Å²) in [5, 5.41) is 0. The molecule has 202 valence electrons. The zero-order valence-electron chi connectivity index (χ0n) is 20.4. The maximum Gasteiger partial charge on any atom is 0.411 e. The Labute approximate surface area is 206 Å². The summed E-state index contributed by atoms with van der Waals surface area (Å²) >= 11 is 0. The Morgan fingerprint density at radius 3 is 1.50 bits per heavy atom. The van der Waals surface area contributed by atoms with Crippen molar-refractivity contribution in [2.24, 2.45) is 0 Å². The first-order chi connectivity index (χ1) is 16.8. The molecule has 5 nitrogen and oxygen atoms in total. The fourth-order valence-electron chi connectivity index (χ4n) is 3.55. The lowest BCUT2D eigenvalue weighted by Gasteiger charge is -2.38. The van der Waals surface area contributed by atoms with E-state index < -0.39 is 35.2 Å². The van der Waals surface area contributed by atoms with E-state index in [-0.39, 0.29) is 30.8 Å². The van der Waals surface area contributed by atoms with E-state index in [1.54, 1.807) is 6.92 Å². The van der Waals surface area contributed by atoms with Gasteiger partial charge in [0.25, 0.3) is 0 Å². The molecule has 2 aromatic rings. The molecular formula is C25H30F6O5. The fourth-order valence-corrected chi connectivity index (χ4v) is 3.55. The van der Waals surface area contributed by atoms with Crippen molar-refractivity contribution in [1.29, 1.82) is 0 Å². The van der Waals surface area contributed by atoms with Crippen molar-refractivity contribution < 1.29 is 50.0 Å². The number of rotatable bonds is 13. The summed E-state index contributed by atoms with van der Waals surface area (Å²) in [6.07, 6.45) is -12.1. The molecule has 0 saturated carbocycles. The molecule has 2 rings (SSSR count). The zero-order chi connectivity index (χ0) is 27.0. The van der Waals surface area contributed by atoms with Crippen LogP contribution in [-0.4, -0.2) is 58.3 Å². The Balaban J connectivity index is 2.15. The van der Waals surface area contributed by atoms with Crippen LogP contribution in [0.1, 0.15) is 31.9 Å². The second-order valence-electron chi connectivity index (χ2n) is 8.09. The summed E-state index contributed by atoms with van der Waals surface area (Å²) in [6.45, 7) is 6.60. The van der Waals surface area contributed by atoms with Gasteiger partial charge in [0, 0.05) is 0 Å². The molecule has 36 heavy (non-hydrogen) atoms. The van der Waals surface area contributed by atoms with E-state index in [1.807, 2.05) is 13.8 Å². The van der Waals surface area contributed by atoms with Crippen LogP contribution in [0.5, 0.6) is 11.5 Å². The van der Waals surface area contributed by atoms with Gasteiger partial charge < -0.3 is 23.7 Å². The molecule has 0 aliphatic heterocycles. The van der Waals surface area contributed by atoms with Gasteiger partial charge in [0.1, 0.15) is 11.5 Å². The van der Waals surface area contributed by atoms with Gasteiger partial charge in [-0.05, 0) is 56.2 Å². The number of benzene rings is 2. The van der Waals surface area contributed by atoms with Gasteiger partial charge in [-0.3, -0.25) is 0 Å². The van der Waals surface area contributed by atoms with Crippen molar-refractivity contribution in [3.8, 4) is 11.5 Å². The largest absolute Gasteiger partial charge is 0.497 e. The van der Waals surface area contributed by atoms with E-state index in [0.29, 0.717) is 13.2 Å². The average molecular weight is 524 g/mol. The van der Waals surface area contributed by atoms with Gasteiger partial charge in [0.15, 0.2) is 6.29 Å². The van der Waals surface area contributed by atoms with Crippen molar-refractivity contribution in [1.82, 2.24) is 0 Å². The summed E-state index contributed by atoms with van der Waals surface area (Å²) in [6, 6.07) is 7.23. The van der Waals surface area contributed by atoms with E-state index >= 15 is 0 Å². The van der Waals surface area contributed by atoms with Gasteiger partial charge in [-0.25, -0.2) is 0 Å². The second-order valence-corrected chi connectivity index (χ2v) is 8.09. The van der Waals surface area contributed by atoms with Crippen LogP contribution < -0.4 is 9.47 Å². The lowest BCUT2D eigenvalue weighted by atomic mass is 9.73. The van der Waals surface area contributed by atoms with Gasteiger partial charge in [-0.15, -0.1) is 0 Å². The molecule has 0 saturated heterocycles. The average Bonchev–Trinajstić information content (AvgIpc) is 2.78. The Morgan fingerprint density at radius 2 is 1.08 bits per heavy atom. The van der Waals surface area contributed by atoms with Gasteiger partial charge >= 0.3 is 12.4 Å². The number of halogens is 6. The van der Waals surface area contributed by atoms with E-state index in [2.05, 4.69) is 0 Å². The highest BCUT2D eigenvalue weighted by Crippen LogP contribution is 2.56. The first kappa shape index (κ1) is 29.7. The van der Waals surface area contributed by atoms with Gasteiger partial charge in [-0.1, -0.05) is 24.3 Å². The minimum atomic E-state index is -5.68. The molecule has 0 aliphatic carbocycles. The normalized spacial score (nSPS) is 13.6. The topological polar surface area (TPSA) is 46.2 Å². The Bertz CT molecular complexity index is 897. The van der Waals surface area contributed by atoms with Crippen molar-refractivity contribution in [2.75, 3.05) is 33.5 Å². The molecule has 0 fully saturated rings. The highest BCUT2D eigenvalue weighted by atomic mass is 19.4. The molecule has 0 spiro atoms. The van der Waals surface area contributed by atoms with Crippen molar-refractivity contribution in [3.63, 3.8) is 0 Å². The van der Waals surface area contributed by atoms with Crippen LogP contribution in [0.15, 0.2) is 48.5 Å². The van der Waals surface area contributed by atoms with Crippen LogP contribution in [0.4, 0.5) is 26.3 Å². The van der Waals surface area contributed by atoms with Crippen molar-refractivity contribution in [2.45, 2.75) is 50.9 Å². The second kappa shape index (κ2) is 12.6. The quantitative estimate of drug-likeness (QED) is 0.175. The highest BCUT2D eigenvalue weighted by molar-refractivity contribution is 5.47. The summed E-state index contributed by atoms with van der Waals surface area (Å²) < 4.78 is 112. The zero-order valence-corrected chi connectivity index (χ0v) is 20.4. The van der Waals surface area contributed by atoms with E-state index in [0.717, 1.165) is 48.5 Å². The summed E-state index contributed by atoms with van der Waals surface area (Å²) in [7, 11) is 1.26. The molecular weight excluding hydrogens is 494 g/mol. The van der Waals surface area contributed by atoms with Gasteiger partial charge in [0.05, 0.1) is 39.6 Å². The smallest absolute Gasteiger partial charge is 0.411 e. The fraction of sp³-hybridized carbons (Fsp3) is 0.520. The Hall–Kier alpha value is -2.50. The monoisotopic (exact) mass is 524 g/mol. The van der Waals surface area contributed by atoms with Gasteiger partial charge in [-0.2, -0.15) is 26.3 Å². The van der Waals surface area contributed by atoms with Crippen LogP contribution in [0, 0.1) is 0 Å². The maximum absolute atomic E-state index is 14.2. The number of alkyl halides is 6. The number of hydrogen-bond donors (Lipinski definition) is 0. The minimum absolute atomic E-state index is 0.0467. The predicted molar refractivity (Wildman–Crippen MR) is 120 cm³/mol. The minimum Gasteiger partial charge on any atom is -0.497 e. The van der Waals surface area contributed by atoms with Gasteiger partial charge in [0.2, 0.25) is 5.41 Å². The third-order valence-electron chi connectivity index (χ3n) is 5.22. The summed E-state index contributed by atoms with van der Waals surface area (Å²) in [5.41, 5.74) is -6.22. The Morgan fingerprint density at radius 1 is 0.639 bits per heavy atom. The molecule has 11 heteroatoms. The standard InChI is InChI=1S/C25H30F6O5/c1-17(2)34-15-13-33-14-16-35-18(3)36-22-11-7-20(8-12-22)23(24(26,27)28,25(29,30)31)19-5-9-21(32-4)10-6-19/h5-12,17-18H,13-16H2,1-4H3. The van der Waals surface area contributed by atoms with Crippen LogP contribution >= 0.6 is 0 Å². The predicted octanol–water partition coefficient (Wildman–Crippen LogP) is 6.29. The SMILES string of the molecule is COc1ccc(C(c2ccc(OC(C)OCCOCCOC(C)C)cc2)(C(F)(F)F)C(F)(F)F)cc1.